The first-order chi connectivity index (χ1) is 16.4. The van der Waals surface area contributed by atoms with Crippen LogP contribution in [0.4, 0.5) is 0 Å². The van der Waals surface area contributed by atoms with Crippen molar-refractivity contribution in [2.45, 2.75) is 57.9 Å². The molecule has 2 aliphatic rings. The molecule has 0 aromatic heterocycles. The molecule has 2 atom stereocenters. The van der Waals surface area contributed by atoms with E-state index in [2.05, 4.69) is 18.7 Å². The zero-order chi connectivity index (χ0) is 26.0. The summed E-state index contributed by atoms with van der Waals surface area (Å²) in [6.45, 7) is 11.9. The van der Waals surface area contributed by atoms with Gasteiger partial charge in [-0.2, -0.15) is 4.31 Å². The van der Waals surface area contributed by atoms with Crippen molar-refractivity contribution < 1.29 is 22.7 Å². The van der Waals surface area contributed by atoms with E-state index in [1.165, 1.54) is 37.3 Å². The molecule has 1 heterocycles. The Bertz CT molecular complexity index is 983. The van der Waals surface area contributed by atoms with Gasteiger partial charge in [-0.25, -0.2) is 8.42 Å². The minimum Gasteiger partial charge on any atom is -0.497 e. The number of likely N-dealkylation sites (N-methyl/N-ethyl adjacent to an activating group) is 2. The summed E-state index contributed by atoms with van der Waals surface area (Å²) in [5.74, 6) is 1.20. The molecule has 0 spiro atoms. The molecule has 1 aromatic rings. The third-order valence-corrected chi connectivity index (χ3v) is 10.3. The first-order valence-corrected chi connectivity index (χ1v) is 14.0. The van der Waals surface area contributed by atoms with Crippen LogP contribution in [-0.2, 0) is 19.6 Å². The SMILES string of the molecule is COc1cc(C)c(S(=O)(=O)N(C)CCOCC(=O)N(C)[C@H]2CC(CCN3CCC3)C2(C)C)c(C)c1. The number of carbonyl (C=O) groups excluding carboxylic acids is 1. The summed E-state index contributed by atoms with van der Waals surface area (Å²) >= 11 is 0. The molecule has 3 rings (SSSR count). The zero-order valence-corrected chi connectivity index (χ0v) is 23.3. The van der Waals surface area contributed by atoms with Crippen molar-refractivity contribution in [3.63, 3.8) is 0 Å². The smallest absolute Gasteiger partial charge is 0.248 e. The van der Waals surface area contributed by atoms with Crippen LogP contribution in [0.5, 0.6) is 5.75 Å². The molecule has 2 fully saturated rings. The molecule has 9 heteroatoms. The fourth-order valence-corrected chi connectivity index (χ4v) is 6.98. The summed E-state index contributed by atoms with van der Waals surface area (Å²) in [5, 5.41) is 0. The fourth-order valence-electron chi connectivity index (χ4n) is 5.42. The molecule has 1 unspecified atom stereocenters. The van der Waals surface area contributed by atoms with Crippen LogP contribution in [-0.4, -0.2) is 95.1 Å². The van der Waals surface area contributed by atoms with Crippen LogP contribution >= 0.6 is 0 Å². The van der Waals surface area contributed by atoms with Crippen LogP contribution in [0.25, 0.3) is 0 Å². The van der Waals surface area contributed by atoms with Crippen molar-refractivity contribution in [2.75, 3.05) is 60.6 Å². The van der Waals surface area contributed by atoms with Gasteiger partial charge in [-0.3, -0.25) is 4.79 Å². The van der Waals surface area contributed by atoms with E-state index < -0.39 is 10.0 Å². The molecule has 1 aromatic carbocycles. The van der Waals surface area contributed by atoms with Gasteiger partial charge in [-0.1, -0.05) is 13.8 Å². The number of hydrogen-bond donors (Lipinski definition) is 0. The van der Waals surface area contributed by atoms with Crippen LogP contribution in [0.2, 0.25) is 0 Å². The van der Waals surface area contributed by atoms with Crippen LogP contribution in [0.15, 0.2) is 17.0 Å². The van der Waals surface area contributed by atoms with Crippen molar-refractivity contribution in [1.82, 2.24) is 14.1 Å². The van der Waals surface area contributed by atoms with Gasteiger partial charge >= 0.3 is 0 Å². The highest BCUT2D eigenvalue weighted by molar-refractivity contribution is 7.89. The number of rotatable bonds is 12. The second-order valence-corrected chi connectivity index (χ2v) is 12.7. The van der Waals surface area contributed by atoms with Gasteiger partial charge in [0.15, 0.2) is 0 Å². The quantitative estimate of drug-likeness (QED) is 0.403. The van der Waals surface area contributed by atoms with E-state index in [0.717, 1.165) is 13.0 Å². The Morgan fingerprint density at radius 1 is 1.17 bits per heavy atom. The Balaban J connectivity index is 1.45. The monoisotopic (exact) mass is 509 g/mol. The highest BCUT2D eigenvalue weighted by atomic mass is 32.2. The van der Waals surface area contributed by atoms with Crippen LogP contribution in [0.3, 0.4) is 0 Å². The maximum atomic E-state index is 13.1. The van der Waals surface area contributed by atoms with Gasteiger partial charge < -0.3 is 19.3 Å². The third-order valence-electron chi connectivity index (χ3n) is 8.14. The van der Waals surface area contributed by atoms with Crippen LogP contribution in [0.1, 0.15) is 44.2 Å². The molecule has 8 nitrogen and oxygen atoms in total. The minimum atomic E-state index is -3.68. The standard InChI is InChI=1S/C26H43N3O5S/c1-19-15-22(33-7)16-20(2)25(19)35(31,32)27(5)13-14-34-18-24(30)28(6)23-17-21(26(23,3)4)9-12-29-10-8-11-29/h15-16,21,23H,8-14,17-18H2,1-7H3/t21?,23-/m0/s1. The number of likely N-dealkylation sites (tertiary alicyclic amines) is 1. The lowest BCUT2D eigenvalue weighted by molar-refractivity contribution is -0.148. The van der Waals surface area contributed by atoms with Crippen molar-refractivity contribution in [2.24, 2.45) is 11.3 Å². The fraction of sp³-hybridized carbons (Fsp3) is 0.731. The number of benzene rings is 1. The molecule has 1 saturated carbocycles. The van der Waals surface area contributed by atoms with Gasteiger partial charge in [-0.15, -0.1) is 0 Å². The highest BCUT2D eigenvalue weighted by Crippen LogP contribution is 2.50. The van der Waals surface area contributed by atoms with Crippen LogP contribution < -0.4 is 4.74 Å². The van der Waals surface area contributed by atoms with E-state index in [1.807, 2.05) is 11.9 Å². The van der Waals surface area contributed by atoms with Crippen molar-refractivity contribution in [3.8, 4) is 5.75 Å². The molecule has 0 bridgehead atoms. The normalized spacial score (nSPS) is 21.9. The Labute approximate surface area is 211 Å². The average molecular weight is 510 g/mol. The first kappa shape index (κ1) is 27.9. The number of hydrogen-bond acceptors (Lipinski definition) is 6. The molecule has 1 aliphatic carbocycles. The maximum absolute atomic E-state index is 13.1. The topological polar surface area (TPSA) is 79.4 Å². The first-order valence-electron chi connectivity index (χ1n) is 12.6. The second-order valence-electron chi connectivity index (χ2n) is 10.7. The Hall–Kier alpha value is -1.68. The van der Waals surface area contributed by atoms with Crippen LogP contribution in [0, 0.1) is 25.2 Å². The second kappa shape index (κ2) is 11.2. The molecule has 1 aliphatic heterocycles. The number of nitrogens with zero attached hydrogens (tertiary/aromatic N) is 3. The summed E-state index contributed by atoms with van der Waals surface area (Å²) in [6, 6.07) is 3.65. The largest absolute Gasteiger partial charge is 0.497 e. The summed E-state index contributed by atoms with van der Waals surface area (Å²) in [6.07, 6.45) is 3.54. The number of methoxy groups -OCH3 is 1. The molecule has 1 saturated heterocycles. The molecular formula is C26H43N3O5S. The summed E-state index contributed by atoms with van der Waals surface area (Å²) in [7, 11) is 1.27. The number of carbonyl (C=O) groups is 1. The van der Waals surface area contributed by atoms with E-state index in [4.69, 9.17) is 9.47 Å². The molecular weight excluding hydrogens is 466 g/mol. The van der Waals surface area contributed by atoms with E-state index in [0.29, 0.717) is 22.8 Å². The lowest BCUT2D eigenvalue weighted by Gasteiger charge is -2.56. The Morgan fingerprint density at radius 2 is 1.80 bits per heavy atom. The van der Waals surface area contributed by atoms with E-state index >= 15 is 0 Å². The van der Waals surface area contributed by atoms with Gasteiger partial charge in [0.25, 0.3) is 0 Å². The predicted octanol–water partition coefficient (Wildman–Crippen LogP) is 2.92. The molecule has 0 N–H and O–H groups in total. The van der Waals surface area contributed by atoms with Gasteiger partial charge in [-0.05, 0) is 87.3 Å². The number of aryl methyl sites for hydroxylation is 2. The predicted molar refractivity (Wildman–Crippen MR) is 137 cm³/mol. The maximum Gasteiger partial charge on any atom is 0.248 e. The number of amides is 1. The van der Waals surface area contributed by atoms with Gasteiger partial charge in [0.1, 0.15) is 12.4 Å². The molecule has 0 radical (unpaired) electrons. The lowest BCUT2D eigenvalue weighted by atomic mass is 9.57. The molecule has 1 amide bonds. The van der Waals surface area contributed by atoms with E-state index in [1.54, 1.807) is 33.1 Å². The highest BCUT2D eigenvalue weighted by Gasteiger charge is 2.50. The van der Waals surface area contributed by atoms with Crippen molar-refractivity contribution in [3.05, 3.63) is 23.3 Å². The summed E-state index contributed by atoms with van der Waals surface area (Å²) < 4.78 is 38.4. The van der Waals surface area contributed by atoms with Crippen molar-refractivity contribution in [1.29, 1.82) is 0 Å². The van der Waals surface area contributed by atoms with Gasteiger partial charge in [0, 0.05) is 26.7 Å². The third kappa shape index (κ3) is 6.01. The lowest BCUT2D eigenvalue weighted by Crippen LogP contribution is -2.59. The molecule has 198 valence electrons. The van der Waals surface area contributed by atoms with E-state index in [9.17, 15) is 13.2 Å². The Kier molecular flexibility index (Phi) is 8.89. The number of ether oxygens (including phenoxy) is 2. The summed E-state index contributed by atoms with van der Waals surface area (Å²) in [5.41, 5.74) is 1.37. The van der Waals surface area contributed by atoms with Gasteiger partial charge in [0.05, 0.1) is 18.6 Å². The molecule has 35 heavy (non-hydrogen) atoms. The van der Waals surface area contributed by atoms with E-state index in [-0.39, 0.29) is 42.0 Å². The van der Waals surface area contributed by atoms with Crippen molar-refractivity contribution >= 4 is 15.9 Å². The number of sulfonamides is 1. The van der Waals surface area contributed by atoms with Gasteiger partial charge in [0.2, 0.25) is 15.9 Å². The minimum absolute atomic E-state index is 0.0456. The Morgan fingerprint density at radius 3 is 2.31 bits per heavy atom. The zero-order valence-electron chi connectivity index (χ0n) is 22.5. The average Bonchev–Trinajstić information content (AvgIpc) is 2.75. The summed E-state index contributed by atoms with van der Waals surface area (Å²) in [4.78, 5) is 17.4.